The molecule has 1 aromatic carbocycles. The van der Waals surface area contributed by atoms with Crippen LogP contribution in [0.2, 0.25) is 0 Å². The van der Waals surface area contributed by atoms with Crippen molar-refractivity contribution in [1.29, 1.82) is 0 Å². The third-order valence-corrected chi connectivity index (χ3v) is 3.14. The van der Waals surface area contributed by atoms with Gasteiger partial charge in [-0.15, -0.1) is 0 Å². The van der Waals surface area contributed by atoms with Gasteiger partial charge in [-0.3, -0.25) is 0 Å². The lowest BCUT2D eigenvalue weighted by Gasteiger charge is -2.19. The second-order valence-corrected chi connectivity index (χ2v) is 5.41. The first kappa shape index (κ1) is 17.8. The summed E-state index contributed by atoms with van der Waals surface area (Å²) in [5.74, 6) is 0.886. The lowest BCUT2D eigenvalue weighted by molar-refractivity contribution is 0.182. The number of rotatable bonds is 11. The van der Waals surface area contributed by atoms with E-state index in [0.29, 0.717) is 19.8 Å². The van der Waals surface area contributed by atoms with Gasteiger partial charge in [-0.25, -0.2) is 0 Å². The summed E-state index contributed by atoms with van der Waals surface area (Å²) in [6.45, 7) is 2.97. The molecule has 1 rings (SSSR count). The number of hydrogen-bond acceptors (Lipinski definition) is 5. The molecule has 0 bridgehead atoms. The monoisotopic (exact) mass is 295 g/mol. The fourth-order valence-corrected chi connectivity index (χ4v) is 2.02. The molecule has 5 heteroatoms. The van der Waals surface area contributed by atoms with Crippen molar-refractivity contribution < 1.29 is 9.47 Å². The van der Waals surface area contributed by atoms with Crippen molar-refractivity contribution in [3.05, 3.63) is 24.3 Å². The molecule has 21 heavy (non-hydrogen) atoms. The summed E-state index contributed by atoms with van der Waals surface area (Å²) < 4.78 is 11.0. The zero-order chi connectivity index (χ0) is 15.5. The average molecular weight is 295 g/mol. The highest BCUT2D eigenvalue weighted by Gasteiger charge is 2.08. The van der Waals surface area contributed by atoms with Crippen molar-refractivity contribution in [1.82, 2.24) is 4.90 Å². The Morgan fingerprint density at radius 2 is 2.14 bits per heavy atom. The van der Waals surface area contributed by atoms with Crippen LogP contribution in [0.5, 0.6) is 5.75 Å². The molecular formula is C16H29N3O2. The Morgan fingerprint density at radius 3 is 2.81 bits per heavy atom. The van der Waals surface area contributed by atoms with E-state index in [1.54, 1.807) is 7.11 Å². The van der Waals surface area contributed by atoms with E-state index in [1.165, 1.54) is 0 Å². The van der Waals surface area contributed by atoms with Gasteiger partial charge >= 0.3 is 0 Å². The van der Waals surface area contributed by atoms with E-state index in [9.17, 15) is 0 Å². The van der Waals surface area contributed by atoms with Crippen LogP contribution in [0.3, 0.4) is 0 Å². The van der Waals surface area contributed by atoms with Gasteiger partial charge in [0.2, 0.25) is 0 Å². The second kappa shape index (κ2) is 10.4. The Bertz CT molecular complexity index is 386. The molecule has 0 fully saturated rings. The number of methoxy groups -OCH3 is 1. The highest BCUT2D eigenvalue weighted by atomic mass is 16.5. The maximum atomic E-state index is 5.75. The van der Waals surface area contributed by atoms with Gasteiger partial charge < -0.3 is 25.4 Å². The molecule has 0 aliphatic rings. The first-order valence-corrected chi connectivity index (χ1v) is 7.49. The molecule has 1 aromatic rings. The van der Waals surface area contributed by atoms with E-state index in [2.05, 4.69) is 10.2 Å². The number of benzene rings is 1. The lowest BCUT2D eigenvalue weighted by atomic mass is 10.1. The van der Waals surface area contributed by atoms with Crippen LogP contribution in [0.25, 0.3) is 0 Å². The number of ether oxygens (including phenoxy) is 2. The molecule has 1 unspecified atom stereocenters. The number of nitrogens with one attached hydrogen (secondary N) is 1. The van der Waals surface area contributed by atoms with Crippen LogP contribution in [0.4, 0.5) is 5.69 Å². The van der Waals surface area contributed by atoms with Gasteiger partial charge in [-0.2, -0.15) is 0 Å². The molecule has 0 spiro atoms. The van der Waals surface area contributed by atoms with Crippen molar-refractivity contribution in [2.75, 3.05) is 52.8 Å². The fraction of sp³-hybridized carbons (Fsp3) is 0.625. The molecule has 120 valence electrons. The van der Waals surface area contributed by atoms with Crippen molar-refractivity contribution in [2.24, 2.45) is 5.73 Å². The number of hydrogen-bond donors (Lipinski definition) is 2. The van der Waals surface area contributed by atoms with Crippen LogP contribution in [-0.4, -0.2) is 58.5 Å². The first-order chi connectivity index (χ1) is 10.2. The van der Waals surface area contributed by atoms with Crippen molar-refractivity contribution >= 4 is 5.69 Å². The summed E-state index contributed by atoms with van der Waals surface area (Å²) in [7, 11) is 5.79. The van der Waals surface area contributed by atoms with Crippen LogP contribution in [0.15, 0.2) is 24.3 Å². The summed E-state index contributed by atoms with van der Waals surface area (Å²) in [6, 6.07) is 8.33. The molecule has 0 aromatic heterocycles. The Labute approximate surface area is 128 Å². The summed E-state index contributed by atoms with van der Waals surface area (Å²) >= 11 is 0. The molecule has 5 nitrogen and oxygen atoms in total. The normalized spacial score (nSPS) is 12.4. The Balaban J connectivity index is 2.52. The molecule has 0 aliphatic carbocycles. The largest absolute Gasteiger partial charge is 0.492 e. The topological polar surface area (TPSA) is 59.8 Å². The SMILES string of the molecule is COCC(CCCN)Nc1cccc(OCCN(C)C)c1. The van der Waals surface area contributed by atoms with E-state index in [-0.39, 0.29) is 6.04 Å². The Kier molecular flexibility index (Phi) is 8.82. The summed E-state index contributed by atoms with van der Waals surface area (Å²) in [6.07, 6.45) is 1.98. The maximum absolute atomic E-state index is 5.75. The second-order valence-electron chi connectivity index (χ2n) is 5.41. The third-order valence-electron chi connectivity index (χ3n) is 3.14. The summed E-state index contributed by atoms with van der Waals surface area (Å²) in [5, 5.41) is 3.48. The standard InChI is InChI=1S/C16H29N3O2/c1-19(2)10-11-21-16-8-4-6-14(12-16)18-15(13-20-3)7-5-9-17/h4,6,8,12,15,18H,5,7,9-11,13,17H2,1-3H3. The minimum atomic E-state index is 0.274. The van der Waals surface area contributed by atoms with E-state index < -0.39 is 0 Å². The van der Waals surface area contributed by atoms with E-state index in [1.807, 2.05) is 38.4 Å². The maximum Gasteiger partial charge on any atom is 0.121 e. The molecule has 0 aliphatic heterocycles. The number of anilines is 1. The molecule has 3 N–H and O–H groups in total. The molecule has 0 saturated carbocycles. The number of nitrogens with zero attached hydrogens (tertiary/aromatic N) is 1. The number of nitrogens with two attached hydrogens (primary N) is 1. The van der Waals surface area contributed by atoms with Gasteiger partial charge in [0.15, 0.2) is 0 Å². The average Bonchev–Trinajstić information content (AvgIpc) is 2.45. The zero-order valence-corrected chi connectivity index (χ0v) is 13.5. The van der Waals surface area contributed by atoms with E-state index >= 15 is 0 Å². The zero-order valence-electron chi connectivity index (χ0n) is 13.5. The predicted molar refractivity (Wildman–Crippen MR) is 88.1 cm³/mol. The van der Waals surface area contributed by atoms with Crippen molar-refractivity contribution in [3.63, 3.8) is 0 Å². The molecule has 1 atom stereocenters. The molecule has 0 radical (unpaired) electrons. The van der Waals surface area contributed by atoms with Crippen molar-refractivity contribution in [3.8, 4) is 5.75 Å². The molecule has 0 heterocycles. The van der Waals surface area contributed by atoms with Crippen LogP contribution < -0.4 is 15.8 Å². The Morgan fingerprint density at radius 1 is 1.33 bits per heavy atom. The lowest BCUT2D eigenvalue weighted by Crippen LogP contribution is -2.25. The highest BCUT2D eigenvalue weighted by Crippen LogP contribution is 2.19. The van der Waals surface area contributed by atoms with E-state index in [4.69, 9.17) is 15.2 Å². The van der Waals surface area contributed by atoms with Crippen LogP contribution in [0, 0.1) is 0 Å². The highest BCUT2D eigenvalue weighted by molar-refractivity contribution is 5.48. The van der Waals surface area contributed by atoms with Gasteiger partial charge in [0.05, 0.1) is 6.61 Å². The predicted octanol–water partition coefficient (Wildman–Crippen LogP) is 1.79. The molecule has 0 amide bonds. The van der Waals surface area contributed by atoms with Crippen LogP contribution in [-0.2, 0) is 4.74 Å². The summed E-state index contributed by atoms with van der Waals surface area (Å²) in [4.78, 5) is 2.10. The minimum absolute atomic E-state index is 0.274. The van der Waals surface area contributed by atoms with Crippen LogP contribution >= 0.6 is 0 Å². The summed E-state index contributed by atoms with van der Waals surface area (Å²) in [5.41, 5.74) is 6.63. The van der Waals surface area contributed by atoms with Crippen molar-refractivity contribution in [2.45, 2.75) is 18.9 Å². The Hall–Kier alpha value is -1.30. The molecular weight excluding hydrogens is 266 g/mol. The smallest absolute Gasteiger partial charge is 0.121 e. The van der Waals surface area contributed by atoms with E-state index in [0.717, 1.165) is 30.8 Å². The van der Waals surface area contributed by atoms with Crippen LogP contribution in [0.1, 0.15) is 12.8 Å². The van der Waals surface area contributed by atoms with Gasteiger partial charge in [0.25, 0.3) is 0 Å². The fourth-order valence-electron chi connectivity index (χ4n) is 2.02. The quantitative estimate of drug-likeness (QED) is 0.652. The first-order valence-electron chi connectivity index (χ1n) is 7.49. The third kappa shape index (κ3) is 7.90. The minimum Gasteiger partial charge on any atom is -0.492 e. The van der Waals surface area contributed by atoms with Gasteiger partial charge in [-0.05, 0) is 45.6 Å². The number of likely N-dealkylation sites (N-methyl/N-ethyl adjacent to an activating group) is 1. The van der Waals surface area contributed by atoms with Gasteiger partial charge in [-0.1, -0.05) is 6.07 Å². The van der Waals surface area contributed by atoms with Gasteiger partial charge in [0.1, 0.15) is 12.4 Å². The molecule has 0 saturated heterocycles. The van der Waals surface area contributed by atoms with Gasteiger partial charge in [0, 0.05) is 31.5 Å².